The molecule has 2 nitrogen and oxygen atoms in total. The molecule has 0 fully saturated rings. The first-order valence-corrected chi connectivity index (χ1v) is 6.20. The molecule has 0 atom stereocenters. The van der Waals surface area contributed by atoms with Gasteiger partial charge in [-0.2, -0.15) is 0 Å². The van der Waals surface area contributed by atoms with Gasteiger partial charge in [0.2, 0.25) is 0 Å². The highest BCUT2D eigenvalue weighted by Crippen LogP contribution is 2.30. The molecule has 0 saturated carbocycles. The molecule has 1 aromatic heterocycles. The number of nitrogens with zero attached hydrogens (tertiary/aromatic N) is 1. The summed E-state index contributed by atoms with van der Waals surface area (Å²) in [6.07, 6.45) is 0.278. The van der Waals surface area contributed by atoms with Gasteiger partial charge in [0.1, 0.15) is 22.4 Å². The quantitative estimate of drug-likeness (QED) is 0.851. The van der Waals surface area contributed by atoms with Crippen molar-refractivity contribution in [2.24, 2.45) is 0 Å². The number of carbonyl (C=O) groups excluding carboxylic acids is 1. The molecule has 0 spiro atoms. The molecule has 18 heavy (non-hydrogen) atoms. The number of carbonyl (C=O) groups is 1. The van der Waals surface area contributed by atoms with E-state index in [9.17, 15) is 13.6 Å². The summed E-state index contributed by atoms with van der Waals surface area (Å²) in [5.74, 6) is -1.00. The third-order valence-corrected chi connectivity index (χ3v) is 3.65. The van der Waals surface area contributed by atoms with Gasteiger partial charge >= 0.3 is 0 Å². The van der Waals surface area contributed by atoms with Crippen LogP contribution < -0.4 is 0 Å². The molecule has 2 rings (SSSR count). The molecule has 0 unspecified atom stereocenters. The largest absolute Gasteiger partial charge is 0.300 e. The second-order valence-corrected chi connectivity index (χ2v) is 5.11. The normalized spacial score (nSPS) is 10.7. The molecule has 0 radical (unpaired) electrons. The lowest BCUT2D eigenvalue weighted by Crippen LogP contribution is -1.95. The Morgan fingerprint density at radius 3 is 2.78 bits per heavy atom. The predicted molar refractivity (Wildman–Crippen MR) is 66.6 cm³/mol. The zero-order valence-corrected chi connectivity index (χ0v) is 10.8. The van der Waals surface area contributed by atoms with E-state index >= 15 is 0 Å². The Bertz CT molecular complexity index is 607. The number of aromatic nitrogens is 1. The molecule has 0 amide bonds. The van der Waals surface area contributed by atoms with Crippen molar-refractivity contribution in [1.82, 2.24) is 4.98 Å². The lowest BCUT2D eigenvalue weighted by atomic mass is 10.2. The number of halogens is 2. The highest BCUT2D eigenvalue weighted by atomic mass is 32.1. The Morgan fingerprint density at radius 2 is 2.11 bits per heavy atom. The number of benzene rings is 1. The Morgan fingerprint density at radius 1 is 1.39 bits per heavy atom. The van der Waals surface area contributed by atoms with Crippen LogP contribution in [0.1, 0.15) is 17.5 Å². The van der Waals surface area contributed by atoms with Crippen LogP contribution in [0, 0.1) is 18.6 Å². The Hall–Kier alpha value is -1.62. The van der Waals surface area contributed by atoms with Crippen molar-refractivity contribution in [2.45, 2.75) is 20.3 Å². The van der Waals surface area contributed by atoms with Gasteiger partial charge in [0.25, 0.3) is 0 Å². The minimum atomic E-state index is -0.514. The van der Waals surface area contributed by atoms with E-state index in [4.69, 9.17) is 0 Å². The van der Waals surface area contributed by atoms with E-state index in [1.165, 1.54) is 18.3 Å². The summed E-state index contributed by atoms with van der Waals surface area (Å²) in [6.45, 7) is 3.25. The summed E-state index contributed by atoms with van der Waals surface area (Å²) < 4.78 is 26.7. The third kappa shape index (κ3) is 2.61. The molecule has 0 N–H and O–H groups in total. The fraction of sp³-hybridized carbons (Fsp3) is 0.231. The smallest absolute Gasteiger partial charge is 0.135 e. The van der Waals surface area contributed by atoms with Crippen LogP contribution in [0.5, 0.6) is 0 Å². The summed E-state index contributed by atoms with van der Waals surface area (Å²) in [4.78, 5) is 16.1. The van der Waals surface area contributed by atoms with E-state index < -0.39 is 11.6 Å². The van der Waals surface area contributed by atoms with Crippen molar-refractivity contribution in [1.29, 1.82) is 0 Å². The number of aryl methyl sites for hydroxylation is 1. The van der Waals surface area contributed by atoms with Gasteiger partial charge in [-0.3, -0.25) is 4.79 Å². The minimum Gasteiger partial charge on any atom is -0.300 e. The number of rotatable bonds is 3. The summed E-state index contributed by atoms with van der Waals surface area (Å²) in [5.41, 5.74) is 0.826. The van der Waals surface area contributed by atoms with Crippen molar-refractivity contribution >= 4 is 17.1 Å². The number of thiazole rings is 1. The molecule has 0 aliphatic rings. The number of hydrogen-bond donors (Lipinski definition) is 0. The van der Waals surface area contributed by atoms with Crippen LogP contribution in [0.3, 0.4) is 0 Å². The van der Waals surface area contributed by atoms with Gasteiger partial charge in [0.15, 0.2) is 0 Å². The molecule has 0 aliphatic carbocycles. The summed E-state index contributed by atoms with van der Waals surface area (Å²) in [5, 5.41) is 0.403. The van der Waals surface area contributed by atoms with E-state index in [1.807, 2.05) is 0 Å². The molecule has 2 aromatic rings. The number of ketones is 1. The number of hydrogen-bond acceptors (Lipinski definition) is 3. The van der Waals surface area contributed by atoms with E-state index in [0.717, 1.165) is 23.1 Å². The fourth-order valence-electron chi connectivity index (χ4n) is 1.59. The highest BCUT2D eigenvalue weighted by molar-refractivity contribution is 7.15. The van der Waals surface area contributed by atoms with Gasteiger partial charge in [0, 0.05) is 16.9 Å². The number of Topliss-reactive ketones (excluding diaryl/α,β-unsaturated/α-hetero) is 1. The van der Waals surface area contributed by atoms with Crippen LogP contribution >= 0.6 is 11.3 Å². The standard InChI is InChI=1S/C13H11F2NOS/c1-7(17)5-12-8(2)16-13(18-12)10-6-9(14)3-4-11(10)15/h3-4,6H,5H2,1-2H3. The Kier molecular flexibility index (Phi) is 3.52. The Labute approximate surface area is 107 Å². The van der Waals surface area contributed by atoms with Crippen LogP contribution in [-0.4, -0.2) is 10.8 Å². The average Bonchev–Trinajstić information content (AvgIpc) is 2.63. The third-order valence-electron chi connectivity index (χ3n) is 2.46. The van der Waals surface area contributed by atoms with Crippen molar-refractivity contribution in [2.75, 3.05) is 0 Å². The highest BCUT2D eigenvalue weighted by Gasteiger charge is 2.14. The molecule has 94 valence electrons. The van der Waals surface area contributed by atoms with Crippen LogP contribution in [0.2, 0.25) is 0 Å². The first kappa shape index (κ1) is 12.8. The first-order chi connectivity index (χ1) is 8.47. The Balaban J connectivity index is 2.45. The van der Waals surface area contributed by atoms with Gasteiger partial charge < -0.3 is 0 Å². The second kappa shape index (κ2) is 4.94. The van der Waals surface area contributed by atoms with Crippen LogP contribution in [0.25, 0.3) is 10.6 Å². The summed E-state index contributed by atoms with van der Waals surface area (Å²) >= 11 is 1.23. The van der Waals surface area contributed by atoms with Crippen molar-refractivity contribution < 1.29 is 13.6 Å². The average molecular weight is 267 g/mol. The molecule has 1 aromatic carbocycles. The maximum absolute atomic E-state index is 13.6. The van der Waals surface area contributed by atoms with Gasteiger partial charge in [0.05, 0.1) is 5.69 Å². The minimum absolute atomic E-state index is 0.0213. The topological polar surface area (TPSA) is 30.0 Å². The summed E-state index contributed by atoms with van der Waals surface area (Å²) in [7, 11) is 0. The molecule has 0 bridgehead atoms. The van der Waals surface area contributed by atoms with Crippen molar-refractivity contribution in [3.05, 3.63) is 40.4 Å². The van der Waals surface area contributed by atoms with Gasteiger partial charge in [-0.25, -0.2) is 13.8 Å². The second-order valence-electron chi connectivity index (χ2n) is 4.03. The van der Waals surface area contributed by atoms with Crippen molar-refractivity contribution in [3.63, 3.8) is 0 Å². The van der Waals surface area contributed by atoms with E-state index in [0.29, 0.717) is 10.7 Å². The van der Waals surface area contributed by atoms with Crippen LogP contribution in [-0.2, 0) is 11.2 Å². The first-order valence-electron chi connectivity index (χ1n) is 5.38. The molecular weight excluding hydrogens is 256 g/mol. The molecule has 0 aliphatic heterocycles. The van der Waals surface area contributed by atoms with Crippen molar-refractivity contribution in [3.8, 4) is 10.6 Å². The van der Waals surface area contributed by atoms with Crippen LogP contribution in [0.15, 0.2) is 18.2 Å². The summed E-state index contributed by atoms with van der Waals surface area (Å²) in [6, 6.07) is 3.26. The predicted octanol–water partition coefficient (Wildman–Crippen LogP) is 3.53. The van der Waals surface area contributed by atoms with Gasteiger partial charge in [-0.15, -0.1) is 11.3 Å². The monoisotopic (exact) mass is 267 g/mol. The lowest BCUT2D eigenvalue weighted by molar-refractivity contribution is -0.116. The zero-order valence-electron chi connectivity index (χ0n) is 9.96. The fourth-order valence-corrected chi connectivity index (χ4v) is 2.75. The molecule has 1 heterocycles. The van der Waals surface area contributed by atoms with Gasteiger partial charge in [-0.1, -0.05) is 0 Å². The lowest BCUT2D eigenvalue weighted by Gasteiger charge is -1.98. The molecule has 0 saturated heterocycles. The maximum atomic E-state index is 13.6. The zero-order chi connectivity index (χ0) is 13.3. The maximum Gasteiger partial charge on any atom is 0.135 e. The SMILES string of the molecule is CC(=O)Cc1sc(-c2cc(F)ccc2F)nc1C. The van der Waals surface area contributed by atoms with E-state index in [1.54, 1.807) is 6.92 Å². The van der Waals surface area contributed by atoms with Crippen LogP contribution in [0.4, 0.5) is 8.78 Å². The molecular formula is C13H11F2NOS. The van der Waals surface area contributed by atoms with Gasteiger partial charge in [-0.05, 0) is 32.0 Å². The van der Waals surface area contributed by atoms with E-state index in [2.05, 4.69) is 4.98 Å². The molecule has 5 heteroatoms. The van der Waals surface area contributed by atoms with E-state index in [-0.39, 0.29) is 17.8 Å².